The van der Waals surface area contributed by atoms with Crippen molar-refractivity contribution in [3.63, 3.8) is 0 Å². The highest BCUT2D eigenvalue weighted by atomic mass is 35.5. The molecule has 2 atom stereocenters. The lowest BCUT2D eigenvalue weighted by atomic mass is 10.0. The topological polar surface area (TPSA) is 35.2 Å². The maximum atomic E-state index is 6.18. The molecule has 2 N–H and O–H groups in total. The summed E-state index contributed by atoms with van der Waals surface area (Å²) in [5.74, 6) is 0.650. The molecule has 0 aliphatic carbocycles. The number of nitrogens with two attached hydrogens (primary N) is 1. The van der Waals surface area contributed by atoms with Crippen LogP contribution in [0.15, 0.2) is 24.8 Å². The minimum Gasteiger partial charge on any atom is -0.485 e. The highest BCUT2D eigenvalue weighted by Crippen LogP contribution is 2.34. The standard InChI is InChI=1S/C14H19Cl2NO/c1-4-9(3)18-14-10(7-12(17)5-2)6-11(15)8-13(14)16/h4,6,8-9,12H,1,5,7,17H2,2-3H3. The number of halogens is 2. The van der Waals surface area contributed by atoms with Gasteiger partial charge >= 0.3 is 0 Å². The Morgan fingerprint density at radius 2 is 2.11 bits per heavy atom. The fourth-order valence-corrected chi connectivity index (χ4v) is 2.14. The summed E-state index contributed by atoms with van der Waals surface area (Å²) in [6.07, 6.45) is 3.19. The molecule has 0 fully saturated rings. The fourth-order valence-electron chi connectivity index (χ4n) is 1.56. The second-order valence-electron chi connectivity index (χ2n) is 4.31. The van der Waals surface area contributed by atoms with Crippen LogP contribution in [0.4, 0.5) is 0 Å². The minimum absolute atomic E-state index is 0.0703. The lowest BCUT2D eigenvalue weighted by Gasteiger charge is -2.18. The number of ether oxygens (including phenoxy) is 1. The van der Waals surface area contributed by atoms with Gasteiger partial charge in [-0.05, 0) is 37.5 Å². The summed E-state index contributed by atoms with van der Waals surface area (Å²) >= 11 is 12.2. The van der Waals surface area contributed by atoms with Gasteiger partial charge in [0.05, 0.1) is 5.02 Å². The lowest BCUT2D eigenvalue weighted by molar-refractivity contribution is 0.267. The maximum absolute atomic E-state index is 6.18. The van der Waals surface area contributed by atoms with Gasteiger partial charge < -0.3 is 10.5 Å². The van der Waals surface area contributed by atoms with E-state index in [0.29, 0.717) is 22.2 Å². The predicted octanol–water partition coefficient (Wildman–Crippen LogP) is 4.23. The van der Waals surface area contributed by atoms with Crippen LogP contribution in [0.2, 0.25) is 10.0 Å². The maximum Gasteiger partial charge on any atom is 0.142 e. The van der Waals surface area contributed by atoms with E-state index in [9.17, 15) is 0 Å². The zero-order valence-electron chi connectivity index (χ0n) is 10.7. The average molecular weight is 288 g/mol. The van der Waals surface area contributed by atoms with Gasteiger partial charge in [-0.2, -0.15) is 0 Å². The molecule has 0 aliphatic heterocycles. The van der Waals surface area contributed by atoms with E-state index in [-0.39, 0.29) is 12.1 Å². The van der Waals surface area contributed by atoms with Crippen molar-refractivity contribution in [1.82, 2.24) is 0 Å². The smallest absolute Gasteiger partial charge is 0.142 e. The molecule has 1 rings (SSSR count). The van der Waals surface area contributed by atoms with Crippen molar-refractivity contribution in [2.75, 3.05) is 0 Å². The van der Waals surface area contributed by atoms with Crippen LogP contribution in [-0.2, 0) is 6.42 Å². The zero-order valence-corrected chi connectivity index (χ0v) is 12.3. The molecule has 0 saturated carbocycles. The average Bonchev–Trinajstić information content (AvgIpc) is 2.32. The second kappa shape index (κ2) is 7.03. The molecule has 0 saturated heterocycles. The number of benzene rings is 1. The Kier molecular flexibility index (Phi) is 6.00. The van der Waals surface area contributed by atoms with Crippen molar-refractivity contribution in [3.8, 4) is 5.75 Å². The molecule has 2 unspecified atom stereocenters. The third kappa shape index (κ3) is 4.20. The summed E-state index contributed by atoms with van der Waals surface area (Å²) in [6.45, 7) is 7.64. The molecule has 100 valence electrons. The van der Waals surface area contributed by atoms with Gasteiger partial charge in [0.1, 0.15) is 11.9 Å². The number of rotatable bonds is 6. The molecule has 2 nitrogen and oxygen atoms in total. The predicted molar refractivity (Wildman–Crippen MR) is 78.7 cm³/mol. The van der Waals surface area contributed by atoms with Gasteiger partial charge in [0.25, 0.3) is 0 Å². The van der Waals surface area contributed by atoms with Gasteiger partial charge in [-0.15, -0.1) is 0 Å². The minimum atomic E-state index is -0.111. The molecule has 0 radical (unpaired) electrons. The molecule has 1 aromatic rings. The van der Waals surface area contributed by atoms with Gasteiger partial charge in [-0.3, -0.25) is 0 Å². The Morgan fingerprint density at radius 1 is 1.44 bits per heavy atom. The van der Waals surface area contributed by atoms with Gasteiger partial charge in [0, 0.05) is 11.1 Å². The van der Waals surface area contributed by atoms with Gasteiger partial charge in [-0.1, -0.05) is 42.8 Å². The monoisotopic (exact) mass is 287 g/mol. The molecule has 18 heavy (non-hydrogen) atoms. The molecule has 0 bridgehead atoms. The Labute approximate surface area is 119 Å². The third-order valence-electron chi connectivity index (χ3n) is 2.73. The van der Waals surface area contributed by atoms with Crippen LogP contribution in [0.3, 0.4) is 0 Å². The zero-order chi connectivity index (χ0) is 13.7. The quantitative estimate of drug-likeness (QED) is 0.795. The van der Waals surface area contributed by atoms with E-state index in [1.807, 2.05) is 19.9 Å². The van der Waals surface area contributed by atoms with Crippen LogP contribution in [-0.4, -0.2) is 12.1 Å². The van der Waals surface area contributed by atoms with Gasteiger partial charge in [0.2, 0.25) is 0 Å². The third-order valence-corrected chi connectivity index (χ3v) is 3.23. The second-order valence-corrected chi connectivity index (χ2v) is 5.15. The van der Waals surface area contributed by atoms with Crippen molar-refractivity contribution in [2.45, 2.75) is 38.8 Å². The van der Waals surface area contributed by atoms with Crippen LogP contribution < -0.4 is 10.5 Å². The first-order chi connectivity index (χ1) is 8.47. The van der Waals surface area contributed by atoms with Crippen LogP contribution >= 0.6 is 23.2 Å². The Bertz CT molecular complexity index is 421. The van der Waals surface area contributed by atoms with E-state index in [2.05, 4.69) is 6.58 Å². The highest BCUT2D eigenvalue weighted by Gasteiger charge is 2.14. The van der Waals surface area contributed by atoms with E-state index in [4.69, 9.17) is 33.7 Å². The molecule has 1 aromatic carbocycles. The van der Waals surface area contributed by atoms with Crippen LogP contribution in [0.5, 0.6) is 5.75 Å². The summed E-state index contributed by atoms with van der Waals surface area (Å²) in [4.78, 5) is 0. The first-order valence-corrected chi connectivity index (χ1v) is 6.76. The van der Waals surface area contributed by atoms with Crippen molar-refractivity contribution >= 4 is 23.2 Å². The van der Waals surface area contributed by atoms with E-state index in [1.165, 1.54) is 0 Å². The molecule has 0 spiro atoms. The van der Waals surface area contributed by atoms with Crippen molar-refractivity contribution in [1.29, 1.82) is 0 Å². The van der Waals surface area contributed by atoms with Gasteiger partial charge in [-0.25, -0.2) is 0 Å². The Balaban J connectivity index is 3.07. The van der Waals surface area contributed by atoms with Crippen molar-refractivity contribution in [2.24, 2.45) is 5.73 Å². The number of hydrogen-bond acceptors (Lipinski definition) is 2. The number of hydrogen-bond donors (Lipinski definition) is 1. The van der Waals surface area contributed by atoms with Crippen molar-refractivity contribution in [3.05, 3.63) is 40.4 Å². The summed E-state index contributed by atoms with van der Waals surface area (Å²) in [7, 11) is 0. The summed E-state index contributed by atoms with van der Waals surface area (Å²) in [5, 5.41) is 1.10. The molecule has 0 amide bonds. The van der Waals surface area contributed by atoms with Crippen molar-refractivity contribution < 1.29 is 4.74 Å². The first-order valence-electron chi connectivity index (χ1n) is 6.00. The van der Waals surface area contributed by atoms with E-state index < -0.39 is 0 Å². The van der Waals surface area contributed by atoms with E-state index in [0.717, 1.165) is 12.0 Å². The summed E-state index contributed by atoms with van der Waals surface area (Å²) in [5.41, 5.74) is 6.92. The van der Waals surface area contributed by atoms with Crippen LogP contribution in [0.25, 0.3) is 0 Å². The highest BCUT2D eigenvalue weighted by molar-refractivity contribution is 6.35. The Hall–Kier alpha value is -0.700. The SMILES string of the molecule is C=CC(C)Oc1c(Cl)cc(Cl)cc1CC(N)CC. The largest absolute Gasteiger partial charge is 0.485 e. The van der Waals surface area contributed by atoms with Crippen LogP contribution in [0, 0.1) is 0 Å². The van der Waals surface area contributed by atoms with Crippen LogP contribution in [0.1, 0.15) is 25.8 Å². The van der Waals surface area contributed by atoms with E-state index >= 15 is 0 Å². The summed E-state index contributed by atoms with van der Waals surface area (Å²) in [6, 6.07) is 3.60. The van der Waals surface area contributed by atoms with E-state index in [1.54, 1.807) is 12.1 Å². The first kappa shape index (κ1) is 15.4. The molecular formula is C14H19Cl2NO. The molecule has 4 heteroatoms. The van der Waals surface area contributed by atoms with Gasteiger partial charge in [0.15, 0.2) is 0 Å². The normalized spacial score (nSPS) is 14.1. The fraction of sp³-hybridized carbons (Fsp3) is 0.429. The molecule has 0 heterocycles. The summed E-state index contributed by atoms with van der Waals surface area (Å²) < 4.78 is 5.76. The molecular weight excluding hydrogens is 269 g/mol. The molecule has 0 aromatic heterocycles. The molecule has 0 aliphatic rings. The lowest BCUT2D eigenvalue weighted by Crippen LogP contribution is -2.22. The Morgan fingerprint density at radius 3 is 2.67 bits per heavy atom.